The van der Waals surface area contributed by atoms with Crippen molar-refractivity contribution in [2.75, 3.05) is 0 Å². The molecule has 0 atom stereocenters. The van der Waals surface area contributed by atoms with Crippen LogP contribution < -0.4 is 0 Å². The van der Waals surface area contributed by atoms with Gasteiger partial charge in [0.05, 0.1) is 0 Å². The quantitative estimate of drug-likeness (QED) is 0.265. The number of allylic oxidation sites excluding steroid dienone is 7. The molecule has 128 valence electrons. The van der Waals surface area contributed by atoms with E-state index in [1.54, 1.807) is 12.2 Å². The lowest BCUT2D eigenvalue weighted by molar-refractivity contribution is -0.131. The normalized spacial score (nSPS) is 12.2. The number of carbonyl (C=O) groups excluding carboxylic acids is 1. The van der Waals surface area contributed by atoms with Gasteiger partial charge in [0.25, 0.3) is 0 Å². The van der Waals surface area contributed by atoms with Gasteiger partial charge in [0.15, 0.2) is 0 Å². The Morgan fingerprint density at radius 3 is 2.09 bits per heavy atom. The van der Waals surface area contributed by atoms with Crippen molar-refractivity contribution < 1.29 is 14.7 Å². The lowest BCUT2D eigenvalue weighted by atomic mass is 10.1. The van der Waals surface area contributed by atoms with Crippen LogP contribution in [0.2, 0.25) is 0 Å². The van der Waals surface area contributed by atoms with E-state index in [4.69, 9.17) is 5.11 Å². The van der Waals surface area contributed by atoms with Gasteiger partial charge in [0, 0.05) is 18.9 Å². The maximum atomic E-state index is 11.7. The third-order valence-electron chi connectivity index (χ3n) is 3.33. The molecule has 0 aliphatic heterocycles. The van der Waals surface area contributed by atoms with Crippen molar-refractivity contribution >= 4 is 11.8 Å². The highest BCUT2D eigenvalue weighted by molar-refractivity contribution is 5.80. The number of ketones is 1. The summed E-state index contributed by atoms with van der Waals surface area (Å²) in [5.74, 6) is -0.600. The molecule has 0 unspecified atom stereocenters. The second-order valence-corrected chi connectivity index (χ2v) is 5.49. The summed E-state index contributed by atoms with van der Waals surface area (Å²) < 4.78 is 0. The fourth-order valence-electron chi connectivity index (χ4n) is 2.04. The van der Waals surface area contributed by atoms with E-state index < -0.39 is 5.97 Å². The first kappa shape index (κ1) is 21.1. The van der Waals surface area contributed by atoms with Crippen LogP contribution in [0.15, 0.2) is 48.6 Å². The number of aliphatic carboxylic acids is 1. The Hall–Kier alpha value is -1.90. The van der Waals surface area contributed by atoms with Gasteiger partial charge in [-0.25, -0.2) is 4.79 Å². The van der Waals surface area contributed by atoms with Crippen LogP contribution in [0.3, 0.4) is 0 Å². The van der Waals surface area contributed by atoms with Crippen molar-refractivity contribution in [1.82, 2.24) is 0 Å². The van der Waals surface area contributed by atoms with Gasteiger partial charge in [-0.05, 0) is 12.8 Å². The molecule has 0 heterocycles. The number of Topliss-reactive ketones (excluding diaryl/α,β-unsaturated/α-hetero) is 1. The predicted octanol–water partition coefficient (Wildman–Crippen LogP) is 5.40. The van der Waals surface area contributed by atoms with Crippen molar-refractivity contribution in [3.05, 3.63) is 48.6 Å². The van der Waals surface area contributed by atoms with Gasteiger partial charge in [0.1, 0.15) is 5.78 Å². The smallest absolute Gasteiger partial charge is 0.328 e. The Balaban J connectivity index is 3.57. The minimum Gasteiger partial charge on any atom is -0.478 e. The molecule has 0 aliphatic carbocycles. The maximum absolute atomic E-state index is 11.7. The average molecular weight is 318 g/mol. The Morgan fingerprint density at radius 1 is 0.783 bits per heavy atom. The van der Waals surface area contributed by atoms with Crippen molar-refractivity contribution in [2.45, 2.75) is 64.7 Å². The van der Waals surface area contributed by atoms with E-state index in [9.17, 15) is 9.59 Å². The first-order valence-corrected chi connectivity index (χ1v) is 8.58. The molecule has 0 spiro atoms. The fraction of sp³-hybridized carbons (Fsp3) is 0.500. The SMILES string of the molecule is CCCCCCCCC(=O)CC/C=C/C=C/C=C/C=C/C(=O)O. The van der Waals surface area contributed by atoms with Crippen LogP contribution in [-0.2, 0) is 9.59 Å². The van der Waals surface area contributed by atoms with Crippen molar-refractivity contribution in [1.29, 1.82) is 0 Å². The minimum absolute atomic E-state index is 0.354. The second-order valence-electron chi connectivity index (χ2n) is 5.49. The van der Waals surface area contributed by atoms with Gasteiger partial charge in [-0.15, -0.1) is 0 Å². The van der Waals surface area contributed by atoms with Gasteiger partial charge in [-0.1, -0.05) is 81.6 Å². The summed E-state index contributed by atoms with van der Waals surface area (Å²) in [7, 11) is 0. The van der Waals surface area contributed by atoms with E-state index in [1.165, 1.54) is 38.2 Å². The molecule has 0 saturated carbocycles. The largest absolute Gasteiger partial charge is 0.478 e. The van der Waals surface area contributed by atoms with Crippen LogP contribution in [0.5, 0.6) is 0 Å². The maximum Gasteiger partial charge on any atom is 0.328 e. The van der Waals surface area contributed by atoms with Crippen molar-refractivity contribution in [3.63, 3.8) is 0 Å². The molecule has 0 aromatic heterocycles. The number of rotatable bonds is 14. The van der Waals surface area contributed by atoms with Crippen molar-refractivity contribution in [2.24, 2.45) is 0 Å². The Bertz CT molecular complexity index is 428. The highest BCUT2D eigenvalue weighted by atomic mass is 16.4. The molecule has 0 fully saturated rings. The molecule has 23 heavy (non-hydrogen) atoms. The molecule has 0 aromatic carbocycles. The van der Waals surface area contributed by atoms with Gasteiger partial charge >= 0.3 is 5.97 Å². The van der Waals surface area contributed by atoms with Crippen LogP contribution in [0, 0.1) is 0 Å². The molecule has 3 heteroatoms. The fourth-order valence-corrected chi connectivity index (χ4v) is 2.04. The number of unbranched alkanes of at least 4 members (excludes halogenated alkanes) is 5. The van der Waals surface area contributed by atoms with E-state index >= 15 is 0 Å². The molecule has 3 nitrogen and oxygen atoms in total. The van der Waals surface area contributed by atoms with E-state index in [2.05, 4.69) is 6.92 Å². The Labute approximate surface area is 140 Å². The summed E-state index contributed by atoms with van der Waals surface area (Å²) in [4.78, 5) is 21.9. The summed E-state index contributed by atoms with van der Waals surface area (Å²) in [6.07, 6.45) is 23.0. The highest BCUT2D eigenvalue weighted by Gasteiger charge is 1.99. The monoisotopic (exact) mass is 318 g/mol. The molecule has 1 N–H and O–H groups in total. The van der Waals surface area contributed by atoms with E-state index in [0.717, 1.165) is 18.9 Å². The molecule has 0 bridgehead atoms. The van der Waals surface area contributed by atoms with Crippen LogP contribution in [0.25, 0.3) is 0 Å². The summed E-state index contributed by atoms with van der Waals surface area (Å²) >= 11 is 0. The number of hydrogen-bond donors (Lipinski definition) is 1. The zero-order valence-electron chi connectivity index (χ0n) is 14.2. The van der Waals surface area contributed by atoms with Gasteiger partial charge in [-0.2, -0.15) is 0 Å². The zero-order chi connectivity index (χ0) is 17.2. The number of carbonyl (C=O) groups is 2. The first-order chi connectivity index (χ1) is 11.2. The standard InChI is InChI=1S/C20H30O3/c1-2-3-4-5-10-13-16-19(21)17-14-11-8-6-7-9-12-15-18-20(22)23/h6-9,11-12,15,18H,2-5,10,13-14,16-17H2,1H3,(H,22,23)/b7-6+,11-8+,12-9+,18-15+. The van der Waals surface area contributed by atoms with Crippen LogP contribution >= 0.6 is 0 Å². The molecule has 0 aromatic rings. The van der Waals surface area contributed by atoms with Crippen LogP contribution in [-0.4, -0.2) is 16.9 Å². The molecular weight excluding hydrogens is 288 g/mol. The van der Waals surface area contributed by atoms with Crippen LogP contribution in [0.1, 0.15) is 64.7 Å². The van der Waals surface area contributed by atoms with Gasteiger partial charge in [0.2, 0.25) is 0 Å². The summed E-state index contributed by atoms with van der Waals surface area (Å²) in [5.41, 5.74) is 0. The molecule has 0 amide bonds. The number of carboxylic acid groups (broad SMARTS) is 1. The summed E-state index contributed by atoms with van der Waals surface area (Å²) in [6.45, 7) is 2.21. The summed E-state index contributed by atoms with van der Waals surface area (Å²) in [5, 5.41) is 8.38. The topological polar surface area (TPSA) is 54.4 Å². The summed E-state index contributed by atoms with van der Waals surface area (Å²) in [6, 6.07) is 0. The molecular formula is C20H30O3. The average Bonchev–Trinajstić information content (AvgIpc) is 2.52. The second kappa shape index (κ2) is 16.5. The third-order valence-corrected chi connectivity index (χ3v) is 3.33. The Morgan fingerprint density at radius 2 is 1.39 bits per heavy atom. The zero-order valence-corrected chi connectivity index (χ0v) is 14.2. The van der Waals surface area contributed by atoms with Gasteiger partial charge in [-0.3, -0.25) is 4.79 Å². The molecule has 0 rings (SSSR count). The Kier molecular flexibility index (Phi) is 15.1. The van der Waals surface area contributed by atoms with E-state index in [1.807, 2.05) is 24.3 Å². The van der Waals surface area contributed by atoms with Gasteiger partial charge < -0.3 is 5.11 Å². The number of carboxylic acids is 1. The minimum atomic E-state index is -0.954. The highest BCUT2D eigenvalue weighted by Crippen LogP contribution is 2.08. The molecule has 0 radical (unpaired) electrons. The first-order valence-electron chi connectivity index (χ1n) is 8.58. The van der Waals surface area contributed by atoms with Crippen LogP contribution in [0.4, 0.5) is 0 Å². The molecule has 0 aliphatic rings. The lowest BCUT2D eigenvalue weighted by Crippen LogP contribution is -1.96. The number of hydrogen-bond acceptors (Lipinski definition) is 2. The van der Waals surface area contributed by atoms with E-state index in [0.29, 0.717) is 18.6 Å². The molecule has 0 saturated heterocycles. The predicted molar refractivity (Wildman–Crippen MR) is 96.4 cm³/mol. The third kappa shape index (κ3) is 18.1. The lowest BCUT2D eigenvalue weighted by Gasteiger charge is -2.00. The van der Waals surface area contributed by atoms with E-state index in [-0.39, 0.29) is 0 Å². The van der Waals surface area contributed by atoms with Crippen molar-refractivity contribution in [3.8, 4) is 0 Å².